The number of nitrogens with zero attached hydrogens (tertiary/aromatic N) is 2. The third-order valence-corrected chi connectivity index (χ3v) is 4.98. The number of anilines is 1. The summed E-state index contributed by atoms with van der Waals surface area (Å²) in [4.78, 5) is 2.16. The highest BCUT2D eigenvalue weighted by Crippen LogP contribution is 2.37. The van der Waals surface area contributed by atoms with Gasteiger partial charge in [-0.25, -0.2) is 0 Å². The molecular formula is C20H23BrN2O. The topological polar surface area (TPSA) is 26.5 Å². The van der Waals surface area contributed by atoms with E-state index in [9.17, 15) is 5.11 Å². The van der Waals surface area contributed by atoms with Crippen LogP contribution >= 0.6 is 0 Å². The maximum absolute atomic E-state index is 11.7. The van der Waals surface area contributed by atoms with E-state index in [2.05, 4.69) is 21.6 Å². The van der Waals surface area contributed by atoms with E-state index in [1.807, 2.05) is 48.5 Å². The molecule has 2 heterocycles. The van der Waals surface area contributed by atoms with Crippen LogP contribution in [-0.4, -0.2) is 28.6 Å². The van der Waals surface area contributed by atoms with Gasteiger partial charge in [0.1, 0.15) is 5.69 Å². The normalized spacial score (nSPS) is 23.5. The van der Waals surface area contributed by atoms with Crippen molar-refractivity contribution in [2.45, 2.75) is 31.4 Å². The first-order valence-corrected chi connectivity index (χ1v) is 8.53. The highest BCUT2D eigenvalue weighted by molar-refractivity contribution is 5.97. The van der Waals surface area contributed by atoms with Gasteiger partial charge in [0.05, 0.1) is 6.54 Å². The summed E-state index contributed by atoms with van der Waals surface area (Å²) >= 11 is 0. The Hall–Kier alpha value is -1.65. The van der Waals surface area contributed by atoms with E-state index >= 15 is 0 Å². The summed E-state index contributed by atoms with van der Waals surface area (Å²) in [6, 6.07) is 20.4. The van der Waals surface area contributed by atoms with Crippen molar-refractivity contribution in [1.82, 2.24) is 0 Å². The lowest BCUT2D eigenvalue weighted by molar-refractivity contribution is -0.534. The number of hydrogen-bond donors (Lipinski definition) is 1. The molecule has 3 nitrogen and oxygen atoms in total. The summed E-state index contributed by atoms with van der Waals surface area (Å²) < 4.78 is 2.38. The molecule has 0 spiro atoms. The van der Waals surface area contributed by atoms with Crippen LogP contribution in [0.1, 0.15) is 31.2 Å². The molecule has 2 aromatic carbocycles. The van der Waals surface area contributed by atoms with Crippen molar-refractivity contribution >= 4 is 11.5 Å². The fraction of sp³-hybridized carbons (Fsp3) is 0.350. The fourth-order valence-electron chi connectivity index (χ4n) is 3.89. The van der Waals surface area contributed by atoms with E-state index in [-0.39, 0.29) is 17.0 Å². The maximum Gasteiger partial charge on any atom is 0.275 e. The molecule has 2 aromatic rings. The van der Waals surface area contributed by atoms with Crippen LogP contribution in [0.2, 0.25) is 0 Å². The summed E-state index contributed by atoms with van der Waals surface area (Å²) in [5.74, 6) is 1.26. The van der Waals surface area contributed by atoms with Crippen LogP contribution in [0.3, 0.4) is 0 Å². The van der Waals surface area contributed by atoms with Crippen LogP contribution in [0.25, 0.3) is 0 Å². The molecule has 0 amide bonds. The third-order valence-electron chi connectivity index (χ3n) is 4.98. The Morgan fingerprint density at radius 2 is 1.54 bits per heavy atom. The zero-order chi connectivity index (χ0) is 15.7. The zero-order valence-corrected chi connectivity index (χ0v) is 15.3. The molecule has 24 heavy (non-hydrogen) atoms. The van der Waals surface area contributed by atoms with Gasteiger partial charge in [-0.1, -0.05) is 48.5 Å². The van der Waals surface area contributed by atoms with Gasteiger partial charge < -0.3 is 22.1 Å². The lowest BCUT2D eigenvalue weighted by Gasteiger charge is -2.29. The lowest BCUT2D eigenvalue weighted by atomic mass is 10.00. The Morgan fingerprint density at radius 3 is 2.25 bits per heavy atom. The Balaban J connectivity index is 0.00000169. The molecule has 0 aromatic heterocycles. The first kappa shape index (κ1) is 17.2. The van der Waals surface area contributed by atoms with Gasteiger partial charge in [0, 0.05) is 12.0 Å². The Labute approximate surface area is 154 Å². The number of aliphatic hydroxyl groups is 1. The van der Waals surface area contributed by atoms with Gasteiger partial charge in [0.15, 0.2) is 6.54 Å². The molecular weight excluding hydrogens is 364 g/mol. The molecule has 0 radical (unpaired) electrons. The van der Waals surface area contributed by atoms with Crippen molar-refractivity contribution in [3.63, 3.8) is 0 Å². The van der Waals surface area contributed by atoms with Crippen LogP contribution in [0.5, 0.6) is 0 Å². The predicted molar refractivity (Wildman–Crippen MR) is 92.7 cm³/mol. The van der Waals surface area contributed by atoms with E-state index in [4.69, 9.17) is 0 Å². The van der Waals surface area contributed by atoms with E-state index in [1.165, 1.54) is 25.1 Å². The molecule has 2 aliphatic rings. The minimum absolute atomic E-state index is 0. The fourth-order valence-corrected chi connectivity index (χ4v) is 3.89. The average Bonchev–Trinajstić information content (AvgIpc) is 2.73. The molecule has 0 saturated heterocycles. The van der Waals surface area contributed by atoms with Crippen molar-refractivity contribution in [2.75, 3.05) is 18.0 Å². The van der Waals surface area contributed by atoms with Gasteiger partial charge in [-0.2, -0.15) is 4.90 Å². The third kappa shape index (κ3) is 2.89. The van der Waals surface area contributed by atoms with E-state index in [0.717, 1.165) is 24.2 Å². The van der Waals surface area contributed by atoms with Crippen molar-refractivity contribution in [1.29, 1.82) is 0 Å². The molecule has 2 aliphatic heterocycles. The lowest BCUT2D eigenvalue weighted by Crippen LogP contribution is -3.00. The molecule has 4 heteroatoms. The van der Waals surface area contributed by atoms with Crippen LogP contribution in [-0.2, 0) is 5.72 Å². The van der Waals surface area contributed by atoms with Crippen LogP contribution in [0, 0.1) is 0 Å². The van der Waals surface area contributed by atoms with Crippen molar-refractivity contribution in [3.8, 4) is 0 Å². The number of halogens is 1. The van der Waals surface area contributed by atoms with Gasteiger partial charge in [-0.05, 0) is 31.4 Å². The summed E-state index contributed by atoms with van der Waals surface area (Å²) in [6.45, 7) is 1.68. The summed E-state index contributed by atoms with van der Waals surface area (Å²) in [5.41, 5.74) is 1.04. The number of amidine groups is 1. The van der Waals surface area contributed by atoms with Gasteiger partial charge in [0.25, 0.3) is 11.6 Å². The van der Waals surface area contributed by atoms with E-state index < -0.39 is 5.72 Å². The summed E-state index contributed by atoms with van der Waals surface area (Å²) in [5, 5.41) is 11.7. The highest BCUT2D eigenvalue weighted by atomic mass is 79.9. The van der Waals surface area contributed by atoms with Crippen molar-refractivity contribution in [2.24, 2.45) is 0 Å². The number of rotatable bonds is 2. The SMILES string of the molecule is OC1(c2ccccc2)C[N+]2=C(CCCCC2)N1c1ccccc1.[Br-]. The van der Waals surface area contributed by atoms with Crippen LogP contribution in [0.4, 0.5) is 5.69 Å². The number of benzene rings is 2. The van der Waals surface area contributed by atoms with Crippen molar-refractivity contribution < 1.29 is 26.7 Å². The van der Waals surface area contributed by atoms with Crippen molar-refractivity contribution in [3.05, 3.63) is 66.2 Å². The smallest absolute Gasteiger partial charge is 0.275 e. The molecule has 4 rings (SSSR count). The van der Waals surface area contributed by atoms with E-state index in [1.54, 1.807) is 0 Å². The quantitative estimate of drug-likeness (QED) is 0.753. The molecule has 0 aliphatic carbocycles. The Morgan fingerprint density at radius 1 is 0.875 bits per heavy atom. The van der Waals surface area contributed by atoms with Gasteiger partial charge >= 0.3 is 0 Å². The molecule has 0 bridgehead atoms. The predicted octanol–water partition coefficient (Wildman–Crippen LogP) is 0.341. The average molecular weight is 387 g/mol. The standard InChI is InChI=1S/C20H23N2O.BrH/c23-20(17-10-4-1-5-11-17)16-21-15-9-3-8-14-19(21)22(20)18-12-6-2-7-13-18;/h1-2,4-7,10-13,23H,3,8-9,14-16H2;1H/q+1;/p-1. The van der Waals surface area contributed by atoms with Gasteiger partial charge in [-0.3, -0.25) is 4.58 Å². The highest BCUT2D eigenvalue weighted by Gasteiger charge is 2.53. The first-order valence-electron chi connectivity index (χ1n) is 8.53. The molecule has 1 N–H and O–H groups in total. The van der Waals surface area contributed by atoms with Crippen LogP contribution < -0.4 is 21.9 Å². The van der Waals surface area contributed by atoms with E-state index in [0.29, 0.717) is 6.54 Å². The second-order valence-corrected chi connectivity index (χ2v) is 6.50. The summed E-state index contributed by atoms with van der Waals surface area (Å²) in [7, 11) is 0. The largest absolute Gasteiger partial charge is 1.00 e. The zero-order valence-electron chi connectivity index (χ0n) is 13.7. The Kier molecular flexibility index (Phi) is 5.07. The number of hydrogen-bond acceptors (Lipinski definition) is 2. The first-order chi connectivity index (χ1) is 11.3. The van der Waals surface area contributed by atoms with Gasteiger partial charge in [-0.15, -0.1) is 0 Å². The second kappa shape index (κ2) is 7.08. The summed E-state index contributed by atoms with van der Waals surface area (Å²) in [6.07, 6.45) is 4.70. The minimum Gasteiger partial charge on any atom is -1.00 e. The Bertz CT molecular complexity index is 717. The minimum atomic E-state index is -0.991. The van der Waals surface area contributed by atoms with Gasteiger partial charge in [0.2, 0.25) is 0 Å². The molecule has 1 unspecified atom stereocenters. The van der Waals surface area contributed by atoms with Crippen LogP contribution in [0.15, 0.2) is 60.7 Å². The maximum atomic E-state index is 11.7. The second-order valence-electron chi connectivity index (χ2n) is 6.50. The molecule has 0 fully saturated rings. The molecule has 126 valence electrons. The molecule has 0 saturated carbocycles. The number of para-hydroxylation sites is 1. The monoisotopic (exact) mass is 386 g/mol. The molecule has 1 atom stereocenters.